The molecule has 1 unspecified atom stereocenters. The van der Waals surface area contributed by atoms with Gasteiger partial charge in [-0.3, -0.25) is 9.59 Å². The van der Waals surface area contributed by atoms with Crippen LogP contribution in [0, 0.1) is 0 Å². The van der Waals surface area contributed by atoms with Crippen molar-refractivity contribution in [3.8, 4) is 0 Å². The van der Waals surface area contributed by atoms with Crippen molar-refractivity contribution in [2.24, 2.45) is 5.73 Å². The second-order valence-electron chi connectivity index (χ2n) is 4.00. The van der Waals surface area contributed by atoms with Gasteiger partial charge in [-0.25, -0.2) is 0 Å². The van der Waals surface area contributed by atoms with Gasteiger partial charge in [-0.2, -0.15) is 0 Å². The van der Waals surface area contributed by atoms with Gasteiger partial charge >= 0.3 is 5.97 Å². The average Bonchev–Trinajstić information content (AvgIpc) is 2.37. The lowest BCUT2D eigenvalue weighted by Crippen LogP contribution is -2.39. The first kappa shape index (κ1) is 15.7. The van der Waals surface area contributed by atoms with E-state index in [-0.39, 0.29) is 19.1 Å². The van der Waals surface area contributed by atoms with Crippen molar-refractivity contribution in [1.29, 1.82) is 0 Å². The number of ether oxygens (including phenoxy) is 1. The number of nitrogens with two attached hydrogens (primary N) is 1. The first-order valence-corrected chi connectivity index (χ1v) is 6.67. The van der Waals surface area contributed by atoms with Crippen molar-refractivity contribution in [3.05, 3.63) is 34.3 Å². The maximum atomic E-state index is 12.1. The zero-order valence-electron chi connectivity index (χ0n) is 10.9. The summed E-state index contributed by atoms with van der Waals surface area (Å²) in [4.78, 5) is 24.7. The van der Waals surface area contributed by atoms with Crippen LogP contribution in [-0.4, -0.2) is 37.0 Å². The van der Waals surface area contributed by atoms with E-state index >= 15 is 0 Å². The van der Waals surface area contributed by atoms with E-state index in [2.05, 4.69) is 15.9 Å². The lowest BCUT2D eigenvalue weighted by Gasteiger charge is -2.21. The molecule has 0 aromatic heterocycles. The monoisotopic (exact) mass is 328 g/mol. The fourth-order valence-electron chi connectivity index (χ4n) is 1.58. The van der Waals surface area contributed by atoms with Crippen molar-refractivity contribution < 1.29 is 14.3 Å². The molecule has 19 heavy (non-hydrogen) atoms. The summed E-state index contributed by atoms with van der Waals surface area (Å²) in [6.07, 6.45) is 0. The summed E-state index contributed by atoms with van der Waals surface area (Å²) in [5.41, 5.74) is 6.60. The van der Waals surface area contributed by atoms with Gasteiger partial charge in [0.2, 0.25) is 5.91 Å². The minimum Gasteiger partial charge on any atom is -0.465 e. The summed E-state index contributed by atoms with van der Waals surface area (Å²) in [5, 5.41) is 0. The molecule has 1 aromatic carbocycles. The summed E-state index contributed by atoms with van der Waals surface area (Å²) < 4.78 is 5.55. The van der Waals surface area contributed by atoms with Crippen molar-refractivity contribution in [1.82, 2.24) is 4.90 Å². The van der Waals surface area contributed by atoms with Crippen molar-refractivity contribution in [2.75, 3.05) is 20.2 Å². The minimum absolute atomic E-state index is 0.106. The Hall–Kier alpha value is -1.40. The highest BCUT2D eigenvalue weighted by Gasteiger charge is 2.23. The van der Waals surface area contributed by atoms with E-state index in [0.717, 1.165) is 4.47 Å². The number of esters is 1. The molecule has 0 aliphatic heterocycles. The smallest absolute Gasteiger partial charge is 0.325 e. The van der Waals surface area contributed by atoms with Gasteiger partial charge in [-0.1, -0.05) is 34.1 Å². The van der Waals surface area contributed by atoms with Crippen molar-refractivity contribution in [2.45, 2.75) is 13.0 Å². The van der Waals surface area contributed by atoms with Crippen LogP contribution >= 0.6 is 15.9 Å². The van der Waals surface area contributed by atoms with Crippen LogP contribution in [0.1, 0.15) is 18.5 Å². The quantitative estimate of drug-likeness (QED) is 0.831. The molecule has 6 heteroatoms. The summed E-state index contributed by atoms with van der Waals surface area (Å²) in [6.45, 7) is 1.90. The summed E-state index contributed by atoms with van der Waals surface area (Å²) in [6, 6.07) is 6.42. The predicted molar refractivity (Wildman–Crippen MR) is 75.3 cm³/mol. The maximum absolute atomic E-state index is 12.1. The van der Waals surface area contributed by atoms with Gasteiger partial charge in [0, 0.05) is 11.5 Å². The van der Waals surface area contributed by atoms with Gasteiger partial charge in [0.25, 0.3) is 0 Å². The molecule has 0 aliphatic carbocycles. The standard InChI is InChI=1S/C13H17BrN2O3/c1-3-19-11(17)8-16(2)13(18)12(15)9-6-4-5-7-10(9)14/h4-7,12H,3,8,15H2,1-2H3. The topological polar surface area (TPSA) is 72.6 Å². The summed E-state index contributed by atoms with van der Waals surface area (Å²) >= 11 is 3.35. The fourth-order valence-corrected chi connectivity index (χ4v) is 2.11. The van der Waals surface area contributed by atoms with Crippen LogP contribution in [0.5, 0.6) is 0 Å². The third-order valence-electron chi connectivity index (χ3n) is 2.55. The first-order chi connectivity index (χ1) is 8.97. The molecule has 0 radical (unpaired) electrons. The number of carbonyl (C=O) groups excluding carboxylic acids is 2. The molecule has 104 valence electrons. The average molecular weight is 329 g/mol. The molecule has 0 aliphatic rings. The molecule has 1 rings (SSSR count). The number of carbonyl (C=O) groups is 2. The van der Waals surface area contributed by atoms with Crippen LogP contribution in [0.15, 0.2) is 28.7 Å². The van der Waals surface area contributed by atoms with Crippen LogP contribution in [0.25, 0.3) is 0 Å². The number of benzene rings is 1. The van der Waals surface area contributed by atoms with Crippen molar-refractivity contribution in [3.63, 3.8) is 0 Å². The highest BCUT2D eigenvalue weighted by molar-refractivity contribution is 9.10. The summed E-state index contributed by atoms with van der Waals surface area (Å²) in [5.74, 6) is -0.780. The van der Waals surface area contributed by atoms with E-state index in [1.54, 1.807) is 19.1 Å². The highest BCUT2D eigenvalue weighted by atomic mass is 79.9. The normalized spacial score (nSPS) is 11.8. The number of hydrogen-bond acceptors (Lipinski definition) is 4. The van der Waals surface area contributed by atoms with Crippen LogP contribution in [-0.2, 0) is 14.3 Å². The molecule has 1 aromatic rings. The largest absolute Gasteiger partial charge is 0.465 e. The molecule has 0 spiro atoms. The van der Waals surface area contributed by atoms with E-state index in [0.29, 0.717) is 5.56 Å². The van der Waals surface area contributed by atoms with E-state index in [4.69, 9.17) is 10.5 Å². The molecule has 0 bridgehead atoms. The molecule has 0 fully saturated rings. The van der Waals surface area contributed by atoms with Gasteiger partial charge < -0.3 is 15.4 Å². The fraction of sp³-hybridized carbons (Fsp3) is 0.385. The molecule has 0 heterocycles. The summed E-state index contributed by atoms with van der Waals surface area (Å²) in [7, 11) is 1.52. The minimum atomic E-state index is -0.810. The number of likely N-dealkylation sites (N-methyl/N-ethyl adjacent to an activating group) is 1. The lowest BCUT2D eigenvalue weighted by molar-refractivity contribution is -0.148. The SMILES string of the molecule is CCOC(=O)CN(C)C(=O)C(N)c1ccccc1Br. The van der Waals surface area contributed by atoms with Crippen LogP contribution < -0.4 is 5.73 Å². The number of halogens is 1. The number of nitrogens with zero attached hydrogens (tertiary/aromatic N) is 1. The Morgan fingerprint density at radius 1 is 1.42 bits per heavy atom. The third kappa shape index (κ3) is 4.33. The molecule has 2 N–H and O–H groups in total. The molecule has 1 amide bonds. The van der Waals surface area contributed by atoms with Gasteiger partial charge in [-0.15, -0.1) is 0 Å². The zero-order chi connectivity index (χ0) is 14.4. The molecule has 5 nitrogen and oxygen atoms in total. The second kappa shape index (κ2) is 7.25. The van der Waals surface area contributed by atoms with Gasteiger partial charge in [0.05, 0.1) is 6.61 Å². The maximum Gasteiger partial charge on any atom is 0.325 e. The van der Waals surface area contributed by atoms with E-state index in [1.807, 2.05) is 12.1 Å². The van der Waals surface area contributed by atoms with Gasteiger partial charge in [0.1, 0.15) is 12.6 Å². The zero-order valence-corrected chi connectivity index (χ0v) is 12.5. The van der Waals surface area contributed by atoms with Gasteiger partial charge in [0.15, 0.2) is 0 Å². The second-order valence-corrected chi connectivity index (χ2v) is 4.85. The Morgan fingerprint density at radius 3 is 2.63 bits per heavy atom. The van der Waals surface area contributed by atoms with E-state index in [9.17, 15) is 9.59 Å². The van der Waals surface area contributed by atoms with Crippen molar-refractivity contribution >= 4 is 27.8 Å². The Balaban J connectivity index is 2.72. The van der Waals surface area contributed by atoms with E-state index in [1.165, 1.54) is 11.9 Å². The van der Waals surface area contributed by atoms with E-state index < -0.39 is 12.0 Å². The highest BCUT2D eigenvalue weighted by Crippen LogP contribution is 2.22. The Bertz CT molecular complexity index is 465. The van der Waals surface area contributed by atoms with Crippen LogP contribution in [0.3, 0.4) is 0 Å². The molecule has 0 saturated carbocycles. The molecule has 0 saturated heterocycles. The Morgan fingerprint density at radius 2 is 2.05 bits per heavy atom. The number of hydrogen-bond donors (Lipinski definition) is 1. The lowest BCUT2D eigenvalue weighted by atomic mass is 10.1. The number of rotatable bonds is 5. The molecule has 1 atom stereocenters. The van der Waals surface area contributed by atoms with Crippen LogP contribution in [0.4, 0.5) is 0 Å². The Labute approximate surface area is 120 Å². The third-order valence-corrected chi connectivity index (χ3v) is 3.28. The molecular formula is C13H17BrN2O3. The van der Waals surface area contributed by atoms with Crippen LogP contribution in [0.2, 0.25) is 0 Å². The first-order valence-electron chi connectivity index (χ1n) is 5.88. The van der Waals surface area contributed by atoms with Gasteiger partial charge in [-0.05, 0) is 18.6 Å². The molecular weight excluding hydrogens is 312 g/mol. The number of amides is 1. The Kier molecular flexibility index (Phi) is 5.98. The predicted octanol–water partition coefficient (Wildman–Crippen LogP) is 1.47.